The van der Waals surface area contributed by atoms with Gasteiger partial charge in [-0.2, -0.15) is 0 Å². The second kappa shape index (κ2) is 12.3. The number of halogens is 1. The zero-order valence-corrected chi connectivity index (χ0v) is 21.5. The number of piperidine rings is 1. The van der Waals surface area contributed by atoms with Crippen molar-refractivity contribution in [2.45, 2.75) is 57.5 Å². The molecule has 4 rings (SSSR count). The van der Waals surface area contributed by atoms with E-state index in [9.17, 15) is 14.0 Å². The van der Waals surface area contributed by atoms with Crippen LogP contribution in [0.15, 0.2) is 48.5 Å². The lowest BCUT2D eigenvalue weighted by Gasteiger charge is -2.39. The SMILES string of the molecule is CN(C)Cc1ccc(NC(=O)N[C@@H]2CCCC[C@H]2C(=O)N2CCC[C@@H](Cc3ccc(F)cc3)C2)cc1. The highest BCUT2D eigenvalue weighted by Crippen LogP contribution is 2.29. The van der Waals surface area contributed by atoms with E-state index in [4.69, 9.17) is 0 Å². The van der Waals surface area contributed by atoms with Gasteiger partial charge >= 0.3 is 6.03 Å². The van der Waals surface area contributed by atoms with Crippen molar-refractivity contribution in [2.75, 3.05) is 32.5 Å². The van der Waals surface area contributed by atoms with E-state index >= 15 is 0 Å². The van der Waals surface area contributed by atoms with Crippen LogP contribution in [0.2, 0.25) is 0 Å². The number of likely N-dealkylation sites (tertiary alicyclic amines) is 1. The molecule has 6 nitrogen and oxygen atoms in total. The molecule has 1 aliphatic heterocycles. The van der Waals surface area contributed by atoms with Gasteiger partial charge in [0.1, 0.15) is 5.82 Å². The standard InChI is InChI=1S/C29H39FN4O2/c1-33(2)19-22-11-15-25(16-12-22)31-29(36)32-27-8-4-3-7-26(27)28(35)34-17-5-6-23(20-34)18-21-9-13-24(30)14-10-21/h9-16,23,26-27H,3-8,17-20H2,1-2H3,(H2,31,32,36)/t23-,26+,27+/m0/s1. The Hall–Kier alpha value is -2.93. The Morgan fingerprint density at radius 2 is 1.64 bits per heavy atom. The van der Waals surface area contributed by atoms with Gasteiger partial charge in [-0.25, -0.2) is 9.18 Å². The molecule has 2 N–H and O–H groups in total. The Bertz CT molecular complexity index is 1010. The summed E-state index contributed by atoms with van der Waals surface area (Å²) < 4.78 is 13.3. The van der Waals surface area contributed by atoms with Crippen LogP contribution in [0.5, 0.6) is 0 Å². The number of rotatable bonds is 7. The molecule has 0 bridgehead atoms. The Kier molecular flexibility index (Phi) is 8.97. The summed E-state index contributed by atoms with van der Waals surface area (Å²) in [4.78, 5) is 30.5. The predicted molar refractivity (Wildman–Crippen MR) is 141 cm³/mol. The molecule has 2 aliphatic rings. The van der Waals surface area contributed by atoms with Crippen LogP contribution in [0.1, 0.15) is 49.7 Å². The lowest BCUT2D eigenvalue weighted by atomic mass is 9.82. The number of benzene rings is 2. The fraction of sp³-hybridized carbons (Fsp3) is 0.517. The summed E-state index contributed by atoms with van der Waals surface area (Å²) in [6.45, 7) is 2.35. The minimum atomic E-state index is -0.257. The molecule has 1 saturated carbocycles. The number of nitrogens with one attached hydrogen (secondary N) is 2. The maximum atomic E-state index is 13.6. The summed E-state index contributed by atoms with van der Waals surface area (Å²) in [6.07, 6.45) is 6.56. The third-order valence-electron chi connectivity index (χ3n) is 7.38. The molecular weight excluding hydrogens is 455 g/mol. The molecule has 36 heavy (non-hydrogen) atoms. The molecule has 0 unspecified atom stereocenters. The Labute approximate surface area is 214 Å². The Balaban J connectivity index is 1.32. The van der Waals surface area contributed by atoms with E-state index in [-0.39, 0.29) is 29.7 Å². The van der Waals surface area contributed by atoms with E-state index < -0.39 is 0 Å². The average molecular weight is 495 g/mol. The van der Waals surface area contributed by atoms with Gasteiger partial charge in [0, 0.05) is 31.4 Å². The van der Waals surface area contributed by atoms with Crippen LogP contribution in [0, 0.1) is 17.7 Å². The third-order valence-corrected chi connectivity index (χ3v) is 7.38. The minimum Gasteiger partial charge on any atom is -0.342 e. The first-order valence-electron chi connectivity index (χ1n) is 13.2. The number of urea groups is 1. The molecule has 1 aliphatic carbocycles. The van der Waals surface area contributed by atoms with Crippen molar-refractivity contribution in [2.24, 2.45) is 11.8 Å². The Morgan fingerprint density at radius 3 is 2.36 bits per heavy atom. The lowest BCUT2D eigenvalue weighted by Crippen LogP contribution is -2.52. The van der Waals surface area contributed by atoms with Crippen molar-refractivity contribution in [3.8, 4) is 0 Å². The zero-order valence-electron chi connectivity index (χ0n) is 21.5. The van der Waals surface area contributed by atoms with Gasteiger partial charge < -0.3 is 20.4 Å². The number of nitrogens with zero attached hydrogens (tertiary/aromatic N) is 2. The van der Waals surface area contributed by atoms with Crippen molar-refractivity contribution >= 4 is 17.6 Å². The van der Waals surface area contributed by atoms with Crippen molar-refractivity contribution < 1.29 is 14.0 Å². The van der Waals surface area contributed by atoms with Gasteiger partial charge in [0.05, 0.1) is 5.92 Å². The molecule has 0 aromatic heterocycles. The van der Waals surface area contributed by atoms with Crippen LogP contribution in [-0.2, 0) is 17.8 Å². The molecule has 1 saturated heterocycles. The van der Waals surface area contributed by atoms with Crippen LogP contribution < -0.4 is 10.6 Å². The molecule has 2 aromatic carbocycles. The van der Waals surface area contributed by atoms with Crippen LogP contribution in [0.25, 0.3) is 0 Å². The van der Waals surface area contributed by atoms with Crippen LogP contribution in [0.4, 0.5) is 14.9 Å². The van der Waals surface area contributed by atoms with E-state index in [0.29, 0.717) is 5.92 Å². The van der Waals surface area contributed by atoms with Gasteiger partial charge in [0.25, 0.3) is 0 Å². The van der Waals surface area contributed by atoms with Crippen molar-refractivity contribution in [3.63, 3.8) is 0 Å². The normalized spacial score (nSPS) is 22.3. The lowest BCUT2D eigenvalue weighted by molar-refractivity contribution is -0.139. The zero-order chi connectivity index (χ0) is 25.5. The van der Waals surface area contributed by atoms with Crippen LogP contribution in [0.3, 0.4) is 0 Å². The number of carbonyl (C=O) groups is 2. The summed E-state index contributed by atoms with van der Waals surface area (Å²) in [6, 6.07) is 14.1. The fourth-order valence-corrected chi connectivity index (χ4v) is 5.61. The third kappa shape index (κ3) is 7.29. The van der Waals surface area contributed by atoms with E-state index in [0.717, 1.165) is 75.8 Å². The quantitative estimate of drug-likeness (QED) is 0.566. The minimum absolute atomic E-state index is 0.156. The topological polar surface area (TPSA) is 64.7 Å². The van der Waals surface area contributed by atoms with Gasteiger partial charge in [-0.05, 0) is 87.5 Å². The highest BCUT2D eigenvalue weighted by molar-refractivity contribution is 5.90. The van der Waals surface area contributed by atoms with Crippen molar-refractivity contribution in [3.05, 3.63) is 65.5 Å². The van der Waals surface area contributed by atoms with E-state index in [1.807, 2.05) is 55.4 Å². The average Bonchev–Trinajstić information content (AvgIpc) is 2.86. The van der Waals surface area contributed by atoms with Gasteiger partial charge in [0.2, 0.25) is 5.91 Å². The first-order chi connectivity index (χ1) is 17.4. The van der Waals surface area contributed by atoms with Gasteiger partial charge in [0.15, 0.2) is 0 Å². The summed E-state index contributed by atoms with van der Waals surface area (Å²) >= 11 is 0. The molecule has 0 spiro atoms. The molecule has 2 aromatic rings. The molecule has 7 heteroatoms. The molecular formula is C29H39FN4O2. The van der Waals surface area contributed by atoms with Crippen molar-refractivity contribution in [1.82, 2.24) is 15.1 Å². The maximum absolute atomic E-state index is 13.6. The van der Waals surface area contributed by atoms with E-state index in [1.54, 1.807) is 0 Å². The monoisotopic (exact) mass is 494 g/mol. The highest BCUT2D eigenvalue weighted by atomic mass is 19.1. The predicted octanol–water partition coefficient (Wildman–Crippen LogP) is 5.05. The summed E-state index contributed by atoms with van der Waals surface area (Å²) in [5, 5.41) is 6.03. The molecule has 1 heterocycles. The molecule has 3 amide bonds. The second-order valence-corrected chi connectivity index (χ2v) is 10.7. The molecule has 194 valence electrons. The van der Waals surface area contributed by atoms with Crippen LogP contribution >= 0.6 is 0 Å². The van der Waals surface area contributed by atoms with Crippen LogP contribution in [-0.4, -0.2) is 55.0 Å². The first kappa shape index (κ1) is 26.1. The molecule has 2 fully saturated rings. The number of hydrogen-bond donors (Lipinski definition) is 2. The summed E-state index contributed by atoms with van der Waals surface area (Å²) in [5.74, 6) is 0.135. The molecule has 3 atom stereocenters. The highest BCUT2D eigenvalue weighted by Gasteiger charge is 2.36. The summed E-state index contributed by atoms with van der Waals surface area (Å²) in [7, 11) is 4.05. The summed E-state index contributed by atoms with van der Waals surface area (Å²) in [5.41, 5.74) is 3.04. The van der Waals surface area contributed by atoms with Gasteiger partial charge in [-0.15, -0.1) is 0 Å². The fourth-order valence-electron chi connectivity index (χ4n) is 5.61. The largest absolute Gasteiger partial charge is 0.342 e. The van der Waals surface area contributed by atoms with E-state index in [1.165, 1.54) is 17.7 Å². The molecule has 0 radical (unpaired) electrons. The first-order valence-corrected chi connectivity index (χ1v) is 13.2. The van der Waals surface area contributed by atoms with Crippen molar-refractivity contribution in [1.29, 1.82) is 0 Å². The Morgan fingerprint density at radius 1 is 0.944 bits per heavy atom. The number of hydrogen-bond acceptors (Lipinski definition) is 3. The number of anilines is 1. The number of carbonyl (C=O) groups excluding carboxylic acids is 2. The van der Waals surface area contributed by atoms with Gasteiger partial charge in [-0.1, -0.05) is 37.1 Å². The van der Waals surface area contributed by atoms with E-state index in [2.05, 4.69) is 15.5 Å². The maximum Gasteiger partial charge on any atom is 0.319 e. The number of amides is 3. The van der Waals surface area contributed by atoms with Gasteiger partial charge in [-0.3, -0.25) is 4.79 Å². The smallest absolute Gasteiger partial charge is 0.319 e. The second-order valence-electron chi connectivity index (χ2n) is 10.7.